The smallest absolute Gasteiger partial charge is 0.159 e. The number of aromatic nitrogens is 1. The second-order valence-electron chi connectivity index (χ2n) is 4.80. The zero-order valence-electron chi connectivity index (χ0n) is 11.6. The van der Waals surface area contributed by atoms with Gasteiger partial charge in [0.05, 0.1) is 0 Å². The number of rotatable bonds is 4. The van der Waals surface area contributed by atoms with Gasteiger partial charge in [0, 0.05) is 25.4 Å². The van der Waals surface area contributed by atoms with Gasteiger partial charge < -0.3 is 4.90 Å². The SMILES string of the molecule is CC(=O)c1ccnc(N(C)Cc2ccc(C)cc2)c1. The summed E-state index contributed by atoms with van der Waals surface area (Å²) >= 11 is 0. The molecule has 98 valence electrons. The van der Waals surface area contributed by atoms with Crippen LogP contribution in [0.2, 0.25) is 0 Å². The van der Waals surface area contributed by atoms with E-state index in [1.807, 2.05) is 18.0 Å². The predicted molar refractivity (Wildman–Crippen MR) is 77.5 cm³/mol. The van der Waals surface area contributed by atoms with Gasteiger partial charge in [-0.2, -0.15) is 0 Å². The molecule has 0 fully saturated rings. The van der Waals surface area contributed by atoms with Crippen LogP contribution in [0.25, 0.3) is 0 Å². The molecule has 0 saturated carbocycles. The molecule has 1 heterocycles. The van der Waals surface area contributed by atoms with Crippen molar-refractivity contribution in [1.82, 2.24) is 4.98 Å². The van der Waals surface area contributed by atoms with E-state index in [4.69, 9.17) is 0 Å². The Balaban J connectivity index is 2.15. The highest BCUT2D eigenvalue weighted by atomic mass is 16.1. The minimum Gasteiger partial charge on any atom is -0.355 e. The Labute approximate surface area is 113 Å². The van der Waals surface area contributed by atoms with Crippen molar-refractivity contribution >= 4 is 11.6 Å². The van der Waals surface area contributed by atoms with Crippen LogP contribution in [0.3, 0.4) is 0 Å². The third-order valence-electron chi connectivity index (χ3n) is 3.08. The van der Waals surface area contributed by atoms with Crippen LogP contribution in [-0.4, -0.2) is 17.8 Å². The minimum atomic E-state index is 0.0624. The monoisotopic (exact) mass is 254 g/mol. The zero-order valence-corrected chi connectivity index (χ0v) is 11.6. The Kier molecular flexibility index (Phi) is 3.95. The third kappa shape index (κ3) is 3.41. The Bertz CT molecular complexity index is 576. The topological polar surface area (TPSA) is 33.2 Å². The summed E-state index contributed by atoms with van der Waals surface area (Å²) in [6.07, 6.45) is 1.68. The van der Waals surface area contributed by atoms with Gasteiger partial charge in [0.15, 0.2) is 5.78 Å². The first kappa shape index (κ1) is 13.3. The van der Waals surface area contributed by atoms with Crippen LogP contribution in [0.1, 0.15) is 28.4 Å². The standard InChI is InChI=1S/C16H18N2O/c1-12-4-6-14(7-5-12)11-18(3)16-10-15(13(2)19)8-9-17-16/h4-10H,11H2,1-3H3. The summed E-state index contributed by atoms with van der Waals surface area (Å²) in [6.45, 7) is 4.42. The molecule has 1 aromatic heterocycles. The van der Waals surface area contributed by atoms with E-state index in [0.717, 1.165) is 12.4 Å². The number of hydrogen-bond acceptors (Lipinski definition) is 3. The number of benzene rings is 1. The number of pyridine rings is 1. The van der Waals surface area contributed by atoms with Crippen molar-refractivity contribution in [2.24, 2.45) is 0 Å². The van der Waals surface area contributed by atoms with E-state index in [-0.39, 0.29) is 5.78 Å². The lowest BCUT2D eigenvalue weighted by atomic mass is 10.1. The van der Waals surface area contributed by atoms with E-state index in [1.54, 1.807) is 19.2 Å². The Morgan fingerprint density at radius 1 is 1.21 bits per heavy atom. The molecule has 0 aliphatic carbocycles. The second-order valence-corrected chi connectivity index (χ2v) is 4.80. The average molecular weight is 254 g/mol. The van der Waals surface area contributed by atoms with E-state index in [2.05, 4.69) is 36.2 Å². The molecule has 0 spiro atoms. The predicted octanol–water partition coefficient (Wildman–Crippen LogP) is 3.23. The molecular formula is C16H18N2O. The summed E-state index contributed by atoms with van der Waals surface area (Å²) in [5, 5.41) is 0. The Morgan fingerprint density at radius 2 is 1.89 bits per heavy atom. The minimum absolute atomic E-state index is 0.0624. The van der Waals surface area contributed by atoms with E-state index in [9.17, 15) is 4.79 Å². The molecule has 1 aromatic carbocycles. The summed E-state index contributed by atoms with van der Waals surface area (Å²) in [4.78, 5) is 17.7. The van der Waals surface area contributed by atoms with Crippen LogP contribution in [0.5, 0.6) is 0 Å². The fourth-order valence-electron chi connectivity index (χ4n) is 1.89. The van der Waals surface area contributed by atoms with Crippen molar-refractivity contribution in [2.45, 2.75) is 20.4 Å². The van der Waals surface area contributed by atoms with Gasteiger partial charge in [-0.05, 0) is 31.5 Å². The average Bonchev–Trinajstić information content (AvgIpc) is 2.41. The van der Waals surface area contributed by atoms with Crippen molar-refractivity contribution in [3.05, 3.63) is 59.3 Å². The van der Waals surface area contributed by atoms with Crippen LogP contribution >= 0.6 is 0 Å². The lowest BCUT2D eigenvalue weighted by molar-refractivity contribution is 0.101. The van der Waals surface area contributed by atoms with Gasteiger partial charge in [0.25, 0.3) is 0 Å². The highest BCUT2D eigenvalue weighted by molar-refractivity contribution is 5.94. The number of aryl methyl sites for hydroxylation is 1. The highest BCUT2D eigenvalue weighted by Gasteiger charge is 2.06. The van der Waals surface area contributed by atoms with E-state index in [1.165, 1.54) is 11.1 Å². The third-order valence-corrected chi connectivity index (χ3v) is 3.08. The van der Waals surface area contributed by atoms with Crippen molar-refractivity contribution in [3.8, 4) is 0 Å². The molecule has 0 atom stereocenters. The Hall–Kier alpha value is -2.16. The number of Topliss-reactive ketones (excluding diaryl/α,β-unsaturated/α-hetero) is 1. The first-order valence-electron chi connectivity index (χ1n) is 6.30. The maximum atomic E-state index is 11.4. The van der Waals surface area contributed by atoms with E-state index in [0.29, 0.717) is 5.56 Å². The molecule has 0 saturated heterocycles. The molecule has 19 heavy (non-hydrogen) atoms. The van der Waals surface area contributed by atoms with Gasteiger partial charge in [0.1, 0.15) is 5.82 Å². The van der Waals surface area contributed by atoms with Crippen LogP contribution in [-0.2, 0) is 6.54 Å². The fourth-order valence-corrected chi connectivity index (χ4v) is 1.89. The van der Waals surface area contributed by atoms with Gasteiger partial charge in [-0.15, -0.1) is 0 Å². The van der Waals surface area contributed by atoms with E-state index < -0.39 is 0 Å². The molecular weight excluding hydrogens is 236 g/mol. The quantitative estimate of drug-likeness (QED) is 0.785. The van der Waals surface area contributed by atoms with Gasteiger partial charge in [-0.25, -0.2) is 4.98 Å². The van der Waals surface area contributed by atoms with Crippen LogP contribution in [0, 0.1) is 6.92 Å². The van der Waals surface area contributed by atoms with E-state index >= 15 is 0 Å². The number of anilines is 1. The number of carbonyl (C=O) groups is 1. The second kappa shape index (κ2) is 5.65. The zero-order chi connectivity index (χ0) is 13.8. The largest absolute Gasteiger partial charge is 0.355 e. The van der Waals surface area contributed by atoms with Crippen molar-refractivity contribution in [2.75, 3.05) is 11.9 Å². The summed E-state index contributed by atoms with van der Waals surface area (Å²) in [5.41, 5.74) is 3.17. The van der Waals surface area contributed by atoms with Gasteiger partial charge in [-0.3, -0.25) is 4.79 Å². The summed E-state index contributed by atoms with van der Waals surface area (Å²) < 4.78 is 0. The molecule has 0 bridgehead atoms. The molecule has 3 nitrogen and oxygen atoms in total. The highest BCUT2D eigenvalue weighted by Crippen LogP contribution is 2.15. The Morgan fingerprint density at radius 3 is 2.53 bits per heavy atom. The number of nitrogens with zero attached hydrogens (tertiary/aromatic N) is 2. The van der Waals surface area contributed by atoms with Crippen molar-refractivity contribution in [1.29, 1.82) is 0 Å². The van der Waals surface area contributed by atoms with Crippen molar-refractivity contribution < 1.29 is 4.79 Å². The fraction of sp³-hybridized carbons (Fsp3) is 0.250. The molecule has 2 aromatic rings. The molecule has 0 aliphatic heterocycles. The van der Waals surface area contributed by atoms with Crippen LogP contribution < -0.4 is 4.90 Å². The lowest BCUT2D eigenvalue weighted by Crippen LogP contribution is -2.18. The molecule has 3 heteroatoms. The first-order valence-corrected chi connectivity index (χ1v) is 6.30. The molecule has 0 aliphatic rings. The molecule has 0 radical (unpaired) electrons. The first-order chi connectivity index (χ1) is 9.06. The van der Waals surface area contributed by atoms with Gasteiger partial charge in [0.2, 0.25) is 0 Å². The maximum Gasteiger partial charge on any atom is 0.159 e. The van der Waals surface area contributed by atoms with Crippen LogP contribution in [0.4, 0.5) is 5.82 Å². The molecule has 2 rings (SSSR count). The van der Waals surface area contributed by atoms with Crippen LogP contribution in [0.15, 0.2) is 42.6 Å². The molecule has 0 N–H and O–H groups in total. The summed E-state index contributed by atoms with van der Waals surface area (Å²) in [7, 11) is 1.98. The maximum absolute atomic E-state index is 11.4. The molecule has 0 unspecified atom stereocenters. The van der Waals surface area contributed by atoms with Gasteiger partial charge in [-0.1, -0.05) is 29.8 Å². The lowest BCUT2D eigenvalue weighted by Gasteiger charge is -2.18. The van der Waals surface area contributed by atoms with Gasteiger partial charge >= 0.3 is 0 Å². The number of carbonyl (C=O) groups excluding carboxylic acids is 1. The van der Waals surface area contributed by atoms with Crippen molar-refractivity contribution in [3.63, 3.8) is 0 Å². The normalized spacial score (nSPS) is 10.3. The number of hydrogen-bond donors (Lipinski definition) is 0. The number of ketones is 1. The summed E-state index contributed by atoms with van der Waals surface area (Å²) in [5.74, 6) is 0.876. The summed E-state index contributed by atoms with van der Waals surface area (Å²) in [6, 6.07) is 12.0. The molecule has 0 amide bonds.